The molecule has 1 aromatic rings. The summed E-state index contributed by atoms with van der Waals surface area (Å²) < 4.78 is 5.15. The largest absolute Gasteiger partial charge is 0.370 e. The molecule has 0 aromatic heterocycles. The standard InChI is InChI=1S/C22H34N4O4/c1-15(2)12-25(14-22(3,4)5)19(20(23)28)21(29)24-16-6-8-17(9-7-16)26-10-11-30-13-18(26)27/h6-9,15,19H,10-14H2,1-5H3,(H2,23,28)(H,24,29)/t19-/m1/s1. The van der Waals surface area contributed by atoms with Gasteiger partial charge in [0.05, 0.1) is 6.61 Å². The van der Waals surface area contributed by atoms with E-state index in [0.29, 0.717) is 31.9 Å². The average Bonchev–Trinajstić information content (AvgIpc) is 2.60. The van der Waals surface area contributed by atoms with Crippen LogP contribution in [-0.4, -0.2) is 61.5 Å². The van der Waals surface area contributed by atoms with E-state index in [2.05, 4.69) is 26.1 Å². The Bertz CT molecular complexity index is 755. The van der Waals surface area contributed by atoms with Gasteiger partial charge in [-0.2, -0.15) is 0 Å². The van der Waals surface area contributed by atoms with Crippen LogP contribution in [-0.2, 0) is 19.1 Å². The highest BCUT2D eigenvalue weighted by atomic mass is 16.5. The fraction of sp³-hybridized carbons (Fsp3) is 0.591. The average molecular weight is 419 g/mol. The van der Waals surface area contributed by atoms with Gasteiger partial charge in [-0.25, -0.2) is 0 Å². The molecule has 1 atom stereocenters. The molecule has 8 nitrogen and oxygen atoms in total. The molecule has 1 aromatic carbocycles. The maximum Gasteiger partial charge on any atom is 0.253 e. The molecule has 3 N–H and O–H groups in total. The fourth-order valence-corrected chi connectivity index (χ4v) is 3.54. The van der Waals surface area contributed by atoms with Gasteiger partial charge in [-0.1, -0.05) is 34.6 Å². The summed E-state index contributed by atoms with van der Waals surface area (Å²) in [4.78, 5) is 40.6. The Morgan fingerprint density at radius 2 is 1.87 bits per heavy atom. The Hall–Kier alpha value is -2.45. The van der Waals surface area contributed by atoms with E-state index in [1.807, 2.05) is 18.7 Å². The Morgan fingerprint density at radius 1 is 1.23 bits per heavy atom. The maximum atomic E-state index is 13.0. The number of carbonyl (C=O) groups is 3. The monoisotopic (exact) mass is 418 g/mol. The van der Waals surface area contributed by atoms with Crippen LogP contribution >= 0.6 is 0 Å². The van der Waals surface area contributed by atoms with Crippen molar-refractivity contribution in [1.29, 1.82) is 0 Å². The van der Waals surface area contributed by atoms with Gasteiger partial charge in [0.15, 0.2) is 6.04 Å². The zero-order valence-electron chi connectivity index (χ0n) is 18.6. The number of ether oxygens (including phenoxy) is 1. The second-order valence-corrected chi connectivity index (χ2v) is 9.32. The van der Waals surface area contributed by atoms with Crippen LogP contribution in [0.4, 0.5) is 11.4 Å². The van der Waals surface area contributed by atoms with Gasteiger partial charge in [-0.3, -0.25) is 19.3 Å². The first-order chi connectivity index (χ1) is 14.0. The summed E-state index contributed by atoms with van der Waals surface area (Å²) in [5.41, 5.74) is 6.80. The van der Waals surface area contributed by atoms with Crippen LogP contribution in [0.25, 0.3) is 0 Å². The third kappa shape index (κ3) is 6.81. The molecule has 0 saturated carbocycles. The number of nitrogens with one attached hydrogen (secondary N) is 1. The molecule has 1 fully saturated rings. The van der Waals surface area contributed by atoms with E-state index in [1.54, 1.807) is 29.2 Å². The summed E-state index contributed by atoms with van der Waals surface area (Å²) in [6.07, 6.45) is 0. The van der Waals surface area contributed by atoms with Crippen LogP contribution in [0.5, 0.6) is 0 Å². The molecule has 1 saturated heterocycles. The molecular weight excluding hydrogens is 384 g/mol. The molecule has 0 unspecified atom stereocenters. The molecule has 0 spiro atoms. The number of amides is 3. The molecule has 1 heterocycles. The number of morpholine rings is 1. The molecule has 30 heavy (non-hydrogen) atoms. The molecule has 2 rings (SSSR count). The molecule has 0 aliphatic carbocycles. The number of anilines is 2. The second-order valence-electron chi connectivity index (χ2n) is 9.32. The van der Waals surface area contributed by atoms with Crippen molar-refractivity contribution in [2.75, 3.05) is 43.1 Å². The van der Waals surface area contributed by atoms with E-state index in [4.69, 9.17) is 10.5 Å². The highest BCUT2D eigenvalue weighted by Crippen LogP contribution is 2.22. The van der Waals surface area contributed by atoms with E-state index in [1.165, 1.54) is 0 Å². The molecule has 1 aliphatic rings. The minimum atomic E-state index is -1.06. The van der Waals surface area contributed by atoms with Crippen LogP contribution in [0, 0.1) is 11.3 Å². The van der Waals surface area contributed by atoms with Crippen molar-refractivity contribution in [2.45, 2.75) is 40.7 Å². The number of carbonyl (C=O) groups excluding carboxylic acids is 3. The summed E-state index contributed by atoms with van der Waals surface area (Å²) in [6.45, 7) is 12.4. The smallest absolute Gasteiger partial charge is 0.253 e. The number of nitrogens with zero attached hydrogens (tertiary/aromatic N) is 2. The zero-order chi connectivity index (χ0) is 22.5. The Kier molecular flexibility index (Phi) is 7.97. The van der Waals surface area contributed by atoms with Crippen molar-refractivity contribution < 1.29 is 19.1 Å². The minimum absolute atomic E-state index is 0.0677. The fourth-order valence-electron chi connectivity index (χ4n) is 3.54. The summed E-state index contributed by atoms with van der Waals surface area (Å²) in [5.74, 6) is -0.957. The Morgan fingerprint density at radius 3 is 2.37 bits per heavy atom. The van der Waals surface area contributed by atoms with Crippen LogP contribution in [0.2, 0.25) is 0 Å². The first-order valence-electron chi connectivity index (χ1n) is 10.3. The van der Waals surface area contributed by atoms with Crippen molar-refractivity contribution in [2.24, 2.45) is 17.1 Å². The number of rotatable bonds is 8. The topological polar surface area (TPSA) is 105 Å². The molecule has 0 bridgehead atoms. The van der Waals surface area contributed by atoms with E-state index >= 15 is 0 Å². The van der Waals surface area contributed by atoms with E-state index in [-0.39, 0.29) is 23.8 Å². The highest BCUT2D eigenvalue weighted by Gasteiger charge is 2.34. The maximum absolute atomic E-state index is 13.0. The normalized spacial score (nSPS) is 16.1. The first kappa shape index (κ1) is 23.8. The SMILES string of the molecule is CC(C)CN(CC(C)(C)C)[C@H](C(N)=O)C(=O)Nc1ccc(N2CCOCC2=O)cc1. The zero-order valence-corrected chi connectivity index (χ0v) is 18.6. The predicted molar refractivity (Wildman–Crippen MR) is 117 cm³/mol. The summed E-state index contributed by atoms with van der Waals surface area (Å²) in [5, 5.41) is 2.79. The Labute approximate surface area is 178 Å². The predicted octanol–water partition coefficient (Wildman–Crippen LogP) is 1.85. The van der Waals surface area contributed by atoms with Crippen molar-refractivity contribution in [3.63, 3.8) is 0 Å². The van der Waals surface area contributed by atoms with E-state index < -0.39 is 17.9 Å². The summed E-state index contributed by atoms with van der Waals surface area (Å²) in [6, 6.07) is 5.89. The quantitative estimate of drug-likeness (QED) is 0.627. The number of nitrogens with two attached hydrogens (primary N) is 1. The lowest BCUT2D eigenvalue weighted by molar-refractivity contribution is -0.133. The van der Waals surface area contributed by atoms with Gasteiger partial charge in [0.2, 0.25) is 5.91 Å². The van der Waals surface area contributed by atoms with Gasteiger partial charge < -0.3 is 20.7 Å². The van der Waals surface area contributed by atoms with Crippen molar-refractivity contribution in [1.82, 2.24) is 4.90 Å². The number of hydrogen-bond acceptors (Lipinski definition) is 5. The van der Waals surface area contributed by atoms with Gasteiger partial charge in [-0.05, 0) is 35.6 Å². The van der Waals surface area contributed by atoms with Crippen LogP contribution in [0.15, 0.2) is 24.3 Å². The molecule has 3 amide bonds. The van der Waals surface area contributed by atoms with Gasteiger partial charge in [-0.15, -0.1) is 0 Å². The summed E-state index contributed by atoms with van der Waals surface area (Å²) >= 11 is 0. The number of primary amides is 1. The van der Waals surface area contributed by atoms with Crippen LogP contribution in [0.3, 0.4) is 0 Å². The van der Waals surface area contributed by atoms with E-state index in [0.717, 1.165) is 5.69 Å². The molecule has 166 valence electrons. The minimum Gasteiger partial charge on any atom is -0.370 e. The highest BCUT2D eigenvalue weighted by molar-refractivity contribution is 6.09. The molecular formula is C22H34N4O4. The van der Waals surface area contributed by atoms with Crippen molar-refractivity contribution >= 4 is 29.1 Å². The lowest BCUT2D eigenvalue weighted by Gasteiger charge is -2.35. The van der Waals surface area contributed by atoms with Crippen molar-refractivity contribution in [3.8, 4) is 0 Å². The molecule has 1 aliphatic heterocycles. The van der Waals surface area contributed by atoms with Crippen LogP contribution < -0.4 is 16.0 Å². The lowest BCUT2D eigenvalue weighted by Crippen LogP contribution is -2.55. The third-order valence-corrected chi connectivity index (χ3v) is 4.59. The number of hydrogen-bond donors (Lipinski definition) is 2. The van der Waals surface area contributed by atoms with E-state index in [9.17, 15) is 14.4 Å². The first-order valence-corrected chi connectivity index (χ1v) is 10.3. The van der Waals surface area contributed by atoms with Crippen molar-refractivity contribution in [3.05, 3.63) is 24.3 Å². The molecule has 8 heteroatoms. The Balaban J connectivity index is 2.15. The van der Waals surface area contributed by atoms with Gasteiger partial charge >= 0.3 is 0 Å². The molecule has 0 radical (unpaired) electrons. The second kappa shape index (κ2) is 10.0. The van der Waals surface area contributed by atoms with Crippen LogP contribution in [0.1, 0.15) is 34.6 Å². The summed E-state index contributed by atoms with van der Waals surface area (Å²) in [7, 11) is 0. The number of benzene rings is 1. The lowest BCUT2D eigenvalue weighted by atomic mass is 9.94. The third-order valence-electron chi connectivity index (χ3n) is 4.59. The van der Waals surface area contributed by atoms with Gasteiger partial charge in [0, 0.05) is 31.0 Å². The van der Waals surface area contributed by atoms with Gasteiger partial charge in [0.25, 0.3) is 11.8 Å². The van der Waals surface area contributed by atoms with Gasteiger partial charge in [0.1, 0.15) is 6.61 Å².